The molecule has 4 aromatic rings. The van der Waals surface area contributed by atoms with E-state index in [1.807, 2.05) is 0 Å². The van der Waals surface area contributed by atoms with Crippen LogP contribution in [0, 0.1) is 23.3 Å². The van der Waals surface area contributed by atoms with Gasteiger partial charge < -0.3 is 4.55 Å². The molecule has 0 atom stereocenters. The summed E-state index contributed by atoms with van der Waals surface area (Å²) in [4.78, 5) is -1.11. The molecule has 0 aliphatic carbocycles. The van der Waals surface area contributed by atoms with Crippen LogP contribution in [-0.4, -0.2) is 4.55 Å². The van der Waals surface area contributed by atoms with Crippen molar-refractivity contribution in [3.63, 3.8) is 0 Å². The van der Waals surface area contributed by atoms with Crippen molar-refractivity contribution in [3.8, 4) is 22.3 Å². The first-order valence-corrected chi connectivity index (χ1v) is 10.1. The Balaban J connectivity index is 1.74. The minimum Gasteiger partial charge on any atom is -0.606 e. The summed E-state index contributed by atoms with van der Waals surface area (Å²) in [5.74, 6) is -5.12. The molecular weight excluding hydrogens is 412 g/mol. The largest absolute Gasteiger partial charge is 0.606 e. The van der Waals surface area contributed by atoms with Gasteiger partial charge in [-0.25, -0.2) is 8.78 Å². The van der Waals surface area contributed by atoms with Crippen molar-refractivity contribution in [1.82, 2.24) is 0 Å². The molecule has 0 radical (unpaired) electrons. The number of benzene rings is 4. The van der Waals surface area contributed by atoms with Gasteiger partial charge in [-0.3, -0.25) is 0 Å². The van der Waals surface area contributed by atoms with Crippen molar-refractivity contribution in [2.75, 3.05) is 0 Å². The molecule has 0 N–H and O–H groups in total. The Morgan fingerprint density at radius 1 is 0.467 bits per heavy atom. The van der Waals surface area contributed by atoms with E-state index in [2.05, 4.69) is 0 Å². The van der Waals surface area contributed by atoms with E-state index >= 15 is 0 Å². The lowest BCUT2D eigenvalue weighted by molar-refractivity contribution is 0.477. The van der Waals surface area contributed by atoms with Gasteiger partial charge in [0.1, 0.15) is 0 Å². The highest BCUT2D eigenvalue weighted by molar-refractivity contribution is 7.91. The molecule has 4 aromatic carbocycles. The van der Waals surface area contributed by atoms with E-state index in [-0.39, 0.29) is 11.1 Å². The van der Waals surface area contributed by atoms with E-state index in [9.17, 15) is 22.1 Å². The van der Waals surface area contributed by atoms with Crippen LogP contribution in [0.2, 0.25) is 0 Å². The van der Waals surface area contributed by atoms with Crippen LogP contribution in [0.3, 0.4) is 0 Å². The second-order valence-electron chi connectivity index (χ2n) is 6.48. The van der Waals surface area contributed by atoms with Gasteiger partial charge in [0.2, 0.25) is 11.6 Å². The Labute approximate surface area is 173 Å². The van der Waals surface area contributed by atoms with Crippen LogP contribution in [-0.2, 0) is 11.2 Å². The molecule has 0 heterocycles. The van der Waals surface area contributed by atoms with Crippen LogP contribution in [0.4, 0.5) is 17.6 Å². The fourth-order valence-electron chi connectivity index (χ4n) is 3.15. The predicted octanol–water partition coefficient (Wildman–Crippen LogP) is 6.74. The minimum atomic E-state index is -2.45. The maximum Gasteiger partial charge on any atom is 0.214 e. The first-order chi connectivity index (χ1) is 14.5. The van der Waals surface area contributed by atoms with Gasteiger partial charge >= 0.3 is 0 Å². The smallest absolute Gasteiger partial charge is 0.214 e. The van der Waals surface area contributed by atoms with Crippen molar-refractivity contribution >= 4 is 11.2 Å². The molecule has 0 aliphatic heterocycles. The highest BCUT2D eigenvalue weighted by atomic mass is 32.2. The van der Waals surface area contributed by atoms with Gasteiger partial charge in [0.05, 0.1) is 0 Å². The summed E-state index contributed by atoms with van der Waals surface area (Å²) >= 11 is -2.45. The van der Waals surface area contributed by atoms with Crippen molar-refractivity contribution in [2.24, 2.45) is 0 Å². The zero-order valence-electron chi connectivity index (χ0n) is 15.4. The van der Waals surface area contributed by atoms with Crippen LogP contribution < -0.4 is 0 Å². The first-order valence-electron chi connectivity index (χ1n) is 8.97. The molecule has 0 amide bonds. The number of hydrogen-bond acceptors (Lipinski definition) is 1. The number of hydrogen-bond donors (Lipinski definition) is 0. The summed E-state index contributed by atoms with van der Waals surface area (Å²) in [7, 11) is 0. The SMILES string of the molecule is [O-][S+](c1ccc(-c2ccccc2)c(F)c1F)c1ccc(-c2ccccc2)c(F)c1F. The molecular formula is C24H14F4OS. The highest BCUT2D eigenvalue weighted by Gasteiger charge is 2.29. The fourth-order valence-corrected chi connectivity index (χ4v) is 4.27. The predicted molar refractivity (Wildman–Crippen MR) is 108 cm³/mol. The van der Waals surface area contributed by atoms with Crippen molar-refractivity contribution < 1.29 is 22.1 Å². The number of halogens is 4. The summed E-state index contributed by atoms with van der Waals surface area (Å²) in [6.07, 6.45) is 0. The molecule has 1 nitrogen and oxygen atoms in total. The first kappa shape index (κ1) is 20.2. The van der Waals surface area contributed by atoms with Crippen LogP contribution in [0.1, 0.15) is 0 Å². The van der Waals surface area contributed by atoms with Crippen molar-refractivity contribution in [1.29, 1.82) is 0 Å². The maximum absolute atomic E-state index is 14.7. The Kier molecular flexibility index (Phi) is 5.61. The van der Waals surface area contributed by atoms with E-state index < -0.39 is 44.2 Å². The molecule has 30 heavy (non-hydrogen) atoms. The third kappa shape index (κ3) is 3.60. The van der Waals surface area contributed by atoms with Crippen LogP contribution in [0.25, 0.3) is 22.3 Å². The molecule has 0 aromatic heterocycles. The summed E-state index contributed by atoms with van der Waals surface area (Å²) in [5.41, 5.74) is 0.853. The van der Waals surface area contributed by atoms with Gasteiger partial charge in [-0.2, -0.15) is 8.78 Å². The maximum atomic E-state index is 14.7. The van der Waals surface area contributed by atoms with Gasteiger partial charge in [-0.15, -0.1) is 0 Å². The monoisotopic (exact) mass is 426 g/mol. The van der Waals surface area contributed by atoms with E-state index in [0.717, 1.165) is 12.1 Å². The normalized spacial score (nSPS) is 11.1. The Morgan fingerprint density at radius 2 is 0.833 bits per heavy atom. The molecule has 0 saturated heterocycles. The molecule has 0 unspecified atom stereocenters. The molecule has 0 fully saturated rings. The summed E-state index contributed by atoms with van der Waals surface area (Å²) in [5, 5.41) is 0. The Hall–Kier alpha value is -3.09. The Bertz CT molecular complexity index is 1100. The van der Waals surface area contributed by atoms with Gasteiger partial charge in [0.15, 0.2) is 21.4 Å². The van der Waals surface area contributed by atoms with E-state index in [4.69, 9.17) is 0 Å². The van der Waals surface area contributed by atoms with E-state index in [1.54, 1.807) is 60.7 Å². The molecule has 0 saturated carbocycles. The average Bonchev–Trinajstić information content (AvgIpc) is 2.78. The third-order valence-corrected chi connectivity index (χ3v) is 6.09. The quantitative estimate of drug-likeness (QED) is 0.262. The lowest BCUT2D eigenvalue weighted by Crippen LogP contribution is -2.10. The van der Waals surface area contributed by atoms with E-state index in [1.165, 1.54) is 12.1 Å². The fraction of sp³-hybridized carbons (Fsp3) is 0. The molecule has 4 rings (SSSR count). The van der Waals surface area contributed by atoms with Crippen LogP contribution in [0.15, 0.2) is 94.7 Å². The lowest BCUT2D eigenvalue weighted by atomic mass is 10.1. The Morgan fingerprint density at radius 3 is 1.20 bits per heavy atom. The minimum absolute atomic E-state index is 0.0140. The lowest BCUT2D eigenvalue weighted by Gasteiger charge is -2.14. The van der Waals surface area contributed by atoms with Gasteiger partial charge in [0, 0.05) is 22.3 Å². The molecule has 150 valence electrons. The molecule has 6 heteroatoms. The number of rotatable bonds is 4. The van der Waals surface area contributed by atoms with Gasteiger partial charge in [-0.1, -0.05) is 60.7 Å². The van der Waals surface area contributed by atoms with Gasteiger partial charge in [0.25, 0.3) is 0 Å². The summed E-state index contributed by atoms with van der Waals surface area (Å²) in [6.45, 7) is 0. The summed E-state index contributed by atoms with van der Waals surface area (Å²) < 4.78 is 71.4. The van der Waals surface area contributed by atoms with Crippen LogP contribution in [0.5, 0.6) is 0 Å². The molecule has 0 spiro atoms. The van der Waals surface area contributed by atoms with E-state index in [0.29, 0.717) is 11.1 Å². The highest BCUT2D eigenvalue weighted by Crippen LogP contribution is 2.34. The zero-order chi connectivity index (χ0) is 21.3. The average molecular weight is 426 g/mol. The molecule has 0 bridgehead atoms. The standard InChI is InChI=1S/C24H14F4OS/c25-21-17(15-7-3-1-4-8-15)11-13-19(23(21)27)30(29)20-14-12-18(22(26)24(20)28)16-9-5-2-6-10-16/h1-14H. The van der Waals surface area contributed by atoms with Crippen molar-refractivity contribution in [2.45, 2.75) is 9.79 Å². The zero-order valence-corrected chi connectivity index (χ0v) is 16.2. The molecule has 0 aliphatic rings. The van der Waals surface area contributed by atoms with Crippen molar-refractivity contribution in [3.05, 3.63) is 108 Å². The third-order valence-electron chi connectivity index (χ3n) is 4.66. The summed E-state index contributed by atoms with van der Waals surface area (Å²) in [6, 6.07) is 21.4. The topological polar surface area (TPSA) is 23.1 Å². The van der Waals surface area contributed by atoms with Gasteiger partial charge in [-0.05, 0) is 35.4 Å². The second-order valence-corrected chi connectivity index (χ2v) is 7.90. The van der Waals surface area contributed by atoms with Crippen LogP contribution >= 0.6 is 0 Å². The second kappa shape index (κ2) is 8.34.